The third-order valence-corrected chi connectivity index (χ3v) is 4.54. The maximum Gasteiger partial charge on any atom is 0.0521 e. The van der Waals surface area contributed by atoms with Crippen molar-refractivity contribution in [3.63, 3.8) is 0 Å². The Labute approximate surface area is 117 Å². The summed E-state index contributed by atoms with van der Waals surface area (Å²) in [5, 5.41) is 7.76. The summed E-state index contributed by atoms with van der Waals surface area (Å²) in [7, 11) is 4.11. The Morgan fingerprint density at radius 1 is 1.32 bits per heavy atom. The van der Waals surface area contributed by atoms with E-state index < -0.39 is 0 Å². The summed E-state index contributed by atoms with van der Waals surface area (Å²) in [5.74, 6) is 0.953. The van der Waals surface area contributed by atoms with Gasteiger partial charge < -0.3 is 5.32 Å². The van der Waals surface area contributed by atoms with E-state index in [9.17, 15) is 0 Å². The van der Waals surface area contributed by atoms with Gasteiger partial charge in [-0.15, -0.1) is 0 Å². The quantitative estimate of drug-likeness (QED) is 0.798. The van der Waals surface area contributed by atoms with Gasteiger partial charge in [0, 0.05) is 19.3 Å². The minimum atomic E-state index is 0.670. The molecule has 108 valence electrons. The first-order chi connectivity index (χ1) is 9.28. The second-order valence-electron chi connectivity index (χ2n) is 6.14. The monoisotopic (exact) mass is 263 g/mol. The van der Waals surface area contributed by atoms with Gasteiger partial charge in [-0.1, -0.05) is 38.5 Å². The molecule has 1 atom stereocenters. The summed E-state index contributed by atoms with van der Waals surface area (Å²) in [6.45, 7) is 0. The average Bonchev–Trinajstić information content (AvgIpc) is 2.67. The molecule has 1 unspecified atom stereocenters. The van der Waals surface area contributed by atoms with E-state index in [4.69, 9.17) is 0 Å². The molecular weight excluding hydrogens is 234 g/mol. The Bertz CT molecular complexity index is 351. The maximum absolute atomic E-state index is 4.24. The van der Waals surface area contributed by atoms with E-state index in [0.29, 0.717) is 6.04 Å². The van der Waals surface area contributed by atoms with E-state index in [1.54, 1.807) is 0 Å². The van der Waals surface area contributed by atoms with Crippen LogP contribution in [-0.4, -0.2) is 22.9 Å². The standard InChI is InChI=1S/C16H29N3/c1-17-16(10-9-15-12-18-19(2)13-15)11-14-7-5-3-4-6-8-14/h12-14,16-17H,3-11H2,1-2H3. The largest absolute Gasteiger partial charge is 0.317 e. The van der Waals surface area contributed by atoms with Crippen LogP contribution in [0.25, 0.3) is 0 Å². The molecule has 1 aliphatic rings. The molecule has 2 rings (SSSR count). The van der Waals surface area contributed by atoms with Crippen molar-refractivity contribution in [2.45, 2.75) is 63.8 Å². The Balaban J connectivity index is 1.75. The summed E-state index contributed by atoms with van der Waals surface area (Å²) in [6, 6.07) is 0.670. The molecule has 0 spiro atoms. The van der Waals surface area contributed by atoms with Crippen LogP contribution in [0.1, 0.15) is 56.9 Å². The van der Waals surface area contributed by atoms with Gasteiger partial charge in [-0.2, -0.15) is 5.10 Å². The lowest BCUT2D eigenvalue weighted by Crippen LogP contribution is -2.28. The summed E-state index contributed by atoms with van der Waals surface area (Å²) < 4.78 is 1.90. The molecule has 1 fully saturated rings. The molecule has 0 saturated heterocycles. The van der Waals surface area contributed by atoms with Crippen LogP contribution in [0.5, 0.6) is 0 Å². The van der Waals surface area contributed by atoms with Crippen LogP contribution < -0.4 is 5.32 Å². The first kappa shape index (κ1) is 14.6. The molecule has 0 amide bonds. The molecule has 1 aliphatic carbocycles. The van der Waals surface area contributed by atoms with Crippen LogP contribution in [0.2, 0.25) is 0 Å². The van der Waals surface area contributed by atoms with Gasteiger partial charge in [0.05, 0.1) is 6.20 Å². The molecule has 0 aromatic carbocycles. The minimum absolute atomic E-state index is 0.670. The van der Waals surface area contributed by atoms with Crippen LogP contribution in [0.4, 0.5) is 0 Å². The Morgan fingerprint density at radius 2 is 2.05 bits per heavy atom. The minimum Gasteiger partial charge on any atom is -0.317 e. The van der Waals surface area contributed by atoms with Crippen molar-refractivity contribution in [1.29, 1.82) is 0 Å². The van der Waals surface area contributed by atoms with E-state index in [1.165, 1.54) is 56.9 Å². The predicted molar refractivity (Wildman–Crippen MR) is 80.2 cm³/mol. The fraction of sp³-hybridized carbons (Fsp3) is 0.812. The van der Waals surface area contributed by atoms with E-state index in [2.05, 4.69) is 23.7 Å². The molecule has 1 heterocycles. The second-order valence-corrected chi connectivity index (χ2v) is 6.14. The van der Waals surface area contributed by atoms with Gasteiger partial charge in [-0.25, -0.2) is 0 Å². The molecule has 1 aromatic heterocycles. The van der Waals surface area contributed by atoms with Crippen LogP contribution in [0.3, 0.4) is 0 Å². The van der Waals surface area contributed by atoms with Gasteiger partial charge in [0.2, 0.25) is 0 Å². The lowest BCUT2D eigenvalue weighted by molar-refractivity contribution is 0.351. The van der Waals surface area contributed by atoms with E-state index in [1.807, 2.05) is 17.9 Å². The van der Waals surface area contributed by atoms with Crippen molar-refractivity contribution in [2.24, 2.45) is 13.0 Å². The van der Waals surface area contributed by atoms with Gasteiger partial charge >= 0.3 is 0 Å². The first-order valence-corrected chi connectivity index (χ1v) is 7.92. The van der Waals surface area contributed by atoms with Crippen molar-refractivity contribution in [3.8, 4) is 0 Å². The van der Waals surface area contributed by atoms with Crippen LogP contribution in [0, 0.1) is 5.92 Å². The van der Waals surface area contributed by atoms with E-state index >= 15 is 0 Å². The molecule has 19 heavy (non-hydrogen) atoms. The number of aryl methyl sites for hydroxylation is 2. The average molecular weight is 263 g/mol. The summed E-state index contributed by atoms with van der Waals surface area (Å²) in [4.78, 5) is 0. The van der Waals surface area contributed by atoms with Crippen molar-refractivity contribution < 1.29 is 0 Å². The van der Waals surface area contributed by atoms with Gasteiger partial charge in [-0.05, 0) is 37.8 Å². The van der Waals surface area contributed by atoms with Gasteiger partial charge in [0.15, 0.2) is 0 Å². The fourth-order valence-corrected chi connectivity index (χ4v) is 3.32. The molecule has 0 aliphatic heterocycles. The van der Waals surface area contributed by atoms with Crippen LogP contribution in [0.15, 0.2) is 12.4 Å². The molecule has 1 N–H and O–H groups in total. The highest BCUT2D eigenvalue weighted by Gasteiger charge is 2.17. The van der Waals surface area contributed by atoms with Gasteiger partial charge in [-0.3, -0.25) is 4.68 Å². The first-order valence-electron chi connectivity index (χ1n) is 7.92. The van der Waals surface area contributed by atoms with Crippen molar-refractivity contribution in [2.75, 3.05) is 7.05 Å². The number of rotatable bonds is 6. The second kappa shape index (κ2) is 7.68. The topological polar surface area (TPSA) is 29.9 Å². The highest BCUT2D eigenvalue weighted by Crippen LogP contribution is 2.27. The molecule has 1 aromatic rings. The zero-order valence-electron chi connectivity index (χ0n) is 12.6. The van der Waals surface area contributed by atoms with Gasteiger partial charge in [0.25, 0.3) is 0 Å². The zero-order chi connectivity index (χ0) is 13.5. The van der Waals surface area contributed by atoms with Crippen molar-refractivity contribution in [3.05, 3.63) is 18.0 Å². The van der Waals surface area contributed by atoms with Crippen molar-refractivity contribution >= 4 is 0 Å². The lowest BCUT2D eigenvalue weighted by Gasteiger charge is -2.22. The Kier molecular flexibility index (Phi) is 5.90. The molecular formula is C16H29N3. The van der Waals surface area contributed by atoms with E-state index in [-0.39, 0.29) is 0 Å². The summed E-state index contributed by atoms with van der Waals surface area (Å²) in [6.07, 6.45) is 16.6. The van der Waals surface area contributed by atoms with Crippen LogP contribution >= 0.6 is 0 Å². The normalized spacial score (nSPS) is 19.3. The maximum atomic E-state index is 4.24. The number of hydrogen-bond donors (Lipinski definition) is 1. The zero-order valence-corrected chi connectivity index (χ0v) is 12.6. The molecule has 0 radical (unpaired) electrons. The van der Waals surface area contributed by atoms with Crippen LogP contribution in [-0.2, 0) is 13.5 Å². The van der Waals surface area contributed by atoms with Gasteiger partial charge in [0.1, 0.15) is 0 Å². The number of nitrogens with zero attached hydrogens (tertiary/aromatic N) is 2. The lowest BCUT2D eigenvalue weighted by atomic mass is 9.90. The molecule has 1 saturated carbocycles. The number of hydrogen-bond acceptors (Lipinski definition) is 2. The smallest absolute Gasteiger partial charge is 0.0521 e. The SMILES string of the molecule is CNC(CCc1cnn(C)c1)CC1CCCCCC1. The summed E-state index contributed by atoms with van der Waals surface area (Å²) in [5.41, 5.74) is 1.36. The molecule has 3 heteroatoms. The Morgan fingerprint density at radius 3 is 2.63 bits per heavy atom. The number of aromatic nitrogens is 2. The van der Waals surface area contributed by atoms with Crippen molar-refractivity contribution in [1.82, 2.24) is 15.1 Å². The fourth-order valence-electron chi connectivity index (χ4n) is 3.32. The van der Waals surface area contributed by atoms with E-state index in [0.717, 1.165) is 12.3 Å². The highest BCUT2D eigenvalue weighted by atomic mass is 15.2. The Hall–Kier alpha value is -0.830. The molecule has 0 bridgehead atoms. The summed E-state index contributed by atoms with van der Waals surface area (Å²) >= 11 is 0. The molecule has 3 nitrogen and oxygen atoms in total. The highest BCUT2D eigenvalue weighted by molar-refractivity contribution is 5.04. The third-order valence-electron chi connectivity index (χ3n) is 4.54. The number of nitrogens with one attached hydrogen (secondary N) is 1. The third kappa shape index (κ3) is 4.98. The predicted octanol–water partition coefficient (Wildman–Crippen LogP) is 3.30.